The average molecular weight is 411 g/mol. The molecule has 3 aromatic rings. The Kier molecular flexibility index (Phi) is 4.55. The highest BCUT2D eigenvalue weighted by atomic mass is 15.3. The van der Waals surface area contributed by atoms with E-state index >= 15 is 0 Å². The van der Waals surface area contributed by atoms with Gasteiger partial charge in [0.2, 0.25) is 0 Å². The number of anilines is 1. The number of likely N-dealkylation sites (tertiary alicyclic amines) is 1. The fourth-order valence-electron chi connectivity index (χ4n) is 4.65. The number of pyridine rings is 1. The van der Waals surface area contributed by atoms with Gasteiger partial charge in [-0.25, -0.2) is 0 Å². The van der Waals surface area contributed by atoms with Crippen LogP contribution in [0.1, 0.15) is 37.3 Å². The molecule has 1 aliphatic carbocycles. The van der Waals surface area contributed by atoms with E-state index in [9.17, 15) is 0 Å². The average Bonchev–Trinajstić information content (AvgIpc) is 3.32. The molecule has 1 saturated heterocycles. The molecule has 6 heteroatoms. The minimum absolute atomic E-state index is 0.560. The Hall–Kier alpha value is -3.41. The lowest BCUT2D eigenvalue weighted by molar-refractivity contribution is 0.412. The van der Waals surface area contributed by atoms with Crippen molar-refractivity contribution in [2.45, 2.75) is 31.7 Å². The number of benzene rings is 1. The van der Waals surface area contributed by atoms with Gasteiger partial charge in [0.05, 0.1) is 6.54 Å². The van der Waals surface area contributed by atoms with Crippen LogP contribution >= 0.6 is 0 Å². The molecule has 0 atom stereocenters. The summed E-state index contributed by atoms with van der Waals surface area (Å²) in [5.41, 5.74) is 4.85. The standard InChI is InChI=1S/C25H26N6/c1-2-15-29(14-1)24-9-6-21(19-10-12-26-13-11-19)17-30(24)23-5-3-4-20(16-23)25-28-27-18-31(25)22-7-8-22/h3-6,9-13,16,18,22H,1-2,7-8,14-15,17H2. The van der Waals surface area contributed by atoms with Gasteiger partial charge in [0.1, 0.15) is 12.1 Å². The van der Waals surface area contributed by atoms with Crippen LogP contribution in [0.4, 0.5) is 5.69 Å². The Morgan fingerprint density at radius 2 is 1.74 bits per heavy atom. The van der Waals surface area contributed by atoms with Gasteiger partial charge < -0.3 is 14.4 Å². The molecule has 0 spiro atoms. The molecule has 0 amide bonds. The van der Waals surface area contributed by atoms with Crippen molar-refractivity contribution in [3.05, 3.63) is 78.7 Å². The van der Waals surface area contributed by atoms with Crippen LogP contribution in [0.25, 0.3) is 17.0 Å². The molecule has 0 unspecified atom stereocenters. The van der Waals surface area contributed by atoms with E-state index in [1.807, 2.05) is 18.7 Å². The third-order valence-corrected chi connectivity index (χ3v) is 6.45. The number of nitrogens with zero attached hydrogens (tertiary/aromatic N) is 6. The van der Waals surface area contributed by atoms with Crippen LogP contribution in [0, 0.1) is 0 Å². The van der Waals surface area contributed by atoms with Crippen LogP contribution in [-0.2, 0) is 0 Å². The molecule has 1 saturated carbocycles. The highest BCUT2D eigenvalue weighted by Crippen LogP contribution is 2.38. The van der Waals surface area contributed by atoms with Crippen molar-refractivity contribution in [3.63, 3.8) is 0 Å². The molecule has 2 aromatic heterocycles. The minimum Gasteiger partial charge on any atom is -0.358 e. The van der Waals surface area contributed by atoms with Crippen molar-refractivity contribution in [1.29, 1.82) is 0 Å². The maximum Gasteiger partial charge on any atom is 0.164 e. The van der Waals surface area contributed by atoms with Gasteiger partial charge in [-0.3, -0.25) is 4.98 Å². The first-order valence-electron chi connectivity index (χ1n) is 11.2. The van der Waals surface area contributed by atoms with Gasteiger partial charge in [0.15, 0.2) is 5.82 Å². The zero-order valence-corrected chi connectivity index (χ0v) is 17.6. The fourth-order valence-corrected chi connectivity index (χ4v) is 4.65. The van der Waals surface area contributed by atoms with Crippen molar-refractivity contribution >= 4 is 11.3 Å². The SMILES string of the molecule is C1=C(c2ccncc2)CN(c2cccc(-c3nncn3C3CC3)c2)C(N2CCCC2)=C1. The summed E-state index contributed by atoms with van der Waals surface area (Å²) in [5, 5.41) is 8.64. The van der Waals surface area contributed by atoms with Crippen LogP contribution in [-0.4, -0.2) is 44.3 Å². The molecular weight excluding hydrogens is 384 g/mol. The van der Waals surface area contributed by atoms with Gasteiger partial charge in [-0.2, -0.15) is 0 Å². The Morgan fingerprint density at radius 3 is 2.55 bits per heavy atom. The van der Waals surface area contributed by atoms with Gasteiger partial charge >= 0.3 is 0 Å². The summed E-state index contributed by atoms with van der Waals surface area (Å²) in [6.07, 6.45) is 15.1. The zero-order chi connectivity index (χ0) is 20.6. The minimum atomic E-state index is 0.560. The number of rotatable bonds is 5. The molecule has 3 aliphatic rings. The third kappa shape index (κ3) is 3.52. The topological polar surface area (TPSA) is 50.1 Å². The summed E-state index contributed by atoms with van der Waals surface area (Å²) in [6.45, 7) is 3.08. The molecule has 31 heavy (non-hydrogen) atoms. The van der Waals surface area contributed by atoms with Crippen molar-refractivity contribution in [2.24, 2.45) is 0 Å². The van der Waals surface area contributed by atoms with Gasteiger partial charge in [-0.1, -0.05) is 18.2 Å². The highest BCUT2D eigenvalue weighted by Gasteiger charge is 2.28. The molecule has 0 N–H and O–H groups in total. The smallest absolute Gasteiger partial charge is 0.164 e. The summed E-state index contributed by atoms with van der Waals surface area (Å²) in [6, 6.07) is 13.5. The van der Waals surface area contributed by atoms with Crippen LogP contribution < -0.4 is 4.90 Å². The van der Waals surface area contributed by atoms with E-state index < -0.39 is 0 Å². The van der Waals surface area contributed by atoms with Crippen molar-refractivity contribution in [1.82, 2.24) is 24.6 Å². The summed E-state index contributed by atoms with van der Waals surface area (Å²) in [7, 11) is 0. The normalized spacial score (nSPS) is 18.8. The Balaban J connectivity index is 1.38. The highest BCUT2D eigenvalue weighted by molar-refractivity contribution is 5.76. The Bertz CT molecular complexity index is 1140. The van der Waals surface area contributed by atoms with E-state index in [4.69, 9.17) is 0 Å². The van der Waals surface area contributed by atoms with E-state index in [-0.39, 0.29) is 0 Å². The molecule has 0 radical (unpaired) electrons. The van der Waals surface area contributed by atoms with Gasteiger partial charge in [0, 0.05) is 42.8 Å². The van der Waals surface area contributed by atoms with Crippen LogP contribution in [0.2, 0.25) is 0 Å². The predicted octanol–water partition coefficient (Wildman–Crippen LogP) is 4.52. The second-order valence-electron chi connectivity index (χ2n) is 8.58. The van der Waals surface area contributed by atoms with E-state index in [1.54, 1.807) is 0 Å². The van der Waals surface area contributed by atoms with E-state index in [0.29, 0.717) is 6.04 Å². The molecule has 2 fully saturated rings. The second kappa shape index (κ2) is 7.69. The monoisotopic (exact) mass is 410 g/mol. The number of aromatic nitrogens is 4. The summed E-state index contributed by atoms with van der Waals surface area (Å²) in [4.78, 5) is 9.14. The van der Waals surface area contributed by atoms with E-state index in [1.165, 1.54) is 48.3 Å². The largest absolute Gasteiger partial charge is 0.358 e. The van der Waals surface area contributed by atoms with E-state index in [0.717, 1.165) is 31.0 Å². The predicted molar refractivity (Wildman–Crippen MR) is 122 cm³/mol. The summed E-state index contributed by atoms with van der Waals surface area (Å²) < 4.78 is 2.23. The van der Waals surface area contributed by atoms with Crippen LogP contribution in [0.3, 0.4) is 0 Å². The molecular formula is C25H26N6. The first-order chi connectivity index (χ1) is 15.4. The third-order valence-electron chi connectivity index (χ3n) is 6.45. The maximum atomic E-state index is 4.44. The number of hydrogen-bond acceptors (Lipinski definition) is 5. The number of hydrogen-bond donors (Lipinski definition) is 0. The lowest BCUT2D eigenvalue weighted by Gasteiger charge is -2.36. The maximum absolute atomic E-state index is 4.44. The van der Waals surface area contributed by atoms with Crippen molar-refractivity contribution < 1.29 is 0 Å². The van der Waals surface area contributed by atoms with Gasteiger partial charge in [0.25, 0.3) is 0 Å². The first-order valence-corrected chi connectivity index (χ1v) is 11.2. The summed E-state index contributed by atoms with van der Waals surface area (Å²) >= 11 is 0. The quantitative estimate of drug-likeness (QED) is 0.619. The first kappa shape index (κ1) is 18.4. The lowest BCUT2D eigenvalue weighted by Crippen LogP contribution is -2.36. The second-order valence-corrected chi connectivity index (χ2v) is 8.58. The molecule has 0 bridgehead atoms. The van der Waals surface area contributed by atoms with Crippen molar-refractivity contribution in [2.75, 3.05) is 24.5 Å². The van der Waals surface area contributed by atoms with Gasteiger partial charge in [-0.05, 0) is 67.2 Å². The Labute approximate surface area is 182 Å². The molecule has 156 valence electrons. The fraction of sp³-hybridized carbons (Fsp3) is 0.320. The van der Waals surface area contributed by atoms with Crippen LogP contribution in [0.15, 0.2) is 73.1 Å². The zero-order valence-electron chi connectivity index (χ0n) is 17.6. The molecule has 6 nitrogen and oxygen atoms in total. The van der Waals surface area contributed by atoms with Crippen molar-refractivity contribution in [3.8, 4) is 11.4 Å². The Morgan fingerprint density at radius 1 is 0.903 bits per heavy atom. The molecule has 1 aromatic carbocycles. The van der Waals surface area contributed by atoms with E-state index in [2.05, 4.69) is 78.1 Å². The number of allylic oxidation sites excluding steroid dienone is 2. The van der Waals surface area contributed by atoms with Crippen LogP contribution in [0.5, 0.6) is 0 Å². The summed E-state index contributed by atoms with van der Waals surface area (Å²) in [5.74, 6) is 2.26. The van der Waals surface area contributed by atoms with Gasteiger partial charge in [-0.15, -0.1) is 10.2 Å². The lowest BCUT2D eigenvalue weighted by atomic mass is 10.0. The molecule has 4 heterocycles. The molecule has 2 aliphatic heterocycles. The molecule has 6 rings (SSSR count).